The molecule has 0 bridgehead atoms. The molecule has 0 aliphatic rings. The van der Waals surface area contributed by atoms with E-state index in [9.17, 15) is 4.79 Å². The third kappa shape index (κ3) is 4.64. The highest BCUT2D eigenvalue weighted by atomic mass is 16.2. The van der Waals surface area contributed by atoms with Crippen molar-refractivity contribution in [3.05, 3.63) is 65.7 Å². The number of rotatable bonds is 5. The van der Waals surface area contributed by atoms with Crippen molar-refractivity contribution < 1.29 is 4.79 Å². The fourth-order valence-electron chi connectivity index (χ4n) is 2.17. The Morgan fingerprint density at radius 3 is 2.55 bits per heavy atom. The predicted molar refractivity (Wildman–Crippen MR) is 87.5 cm³/mol. The zero-order valence-electron chi connectivity index (χ0n) is 12.5. The van der Waals surface area contributed by atoms with Crippen LogP contribution in [0.2, 0.25) is 0 Å². The van der Waals surface area contributed by atoms with Crippen LogP contribution in [-0.2, 0) is 6.42 Å². The molecule has 112 valence electrons. The molecule has 0 aliphatic heterocycles. The van der Waals surface area contributed by atoms with Crippen LogP contribution in [0.5, 0.6) is 0 Å². The minimum atomic E-state index is -0.289. The van der Waals surface area contributed by atoms with E-state index < -0.39 is 0 Å². The lowest BCUT2D eigenvalue weighted by Crippen LogP contribution is -2.36. The highest BCUT2D eigenvalue weighted by Gasteiger charge is 2.09. The van der Waals surface area contributed by atoms with Crippen LogP contribution in [-0.4, -0.2) is 12.1 Å². The molecule has 0 aliphatic carbocycles. The summed E-state index contributed by atoms with van der Waals surface area (Å²) in [4.78, 5) is 12.0. The first-order valence-electron chi connectivity index (χ1n) is 7.29. The Morgan fingerprint density at radius 2 is 1.82 bits per heavy atom. The van der Waals surface area contributed by atoms with Crippen LogP contribution in [0.1, 0.15) is 24.5 Å². The van der Waals surface area contributed by atoms with Gasteiger partial charge < -0.3 is 10.6 Å². The Morgan fingerprint density at radius 1 is 1.14 bits per heavy atom. The van der Waals surface area contributed by atoms with Crippen molar-refractivity contribution in [2.45, 2.75) is 25.8 Å². The summed E-state index contributed by atoms with van der Waals surface area (Å²) < 4.78 is 0. The van der Waals surface area contributed by atoms with E-state index >= 15 is 0 Å². The quantitative estimate of drug-likeness (QED) is 0.882. The van der Waals surface area contributed by atoms with Gasteiger partial charge in [0.25, 0.3) is 0 Å². The van der Waals surface area contributed by atoms with Gasteiger partial charge in [-0.1, -0.05) is 42.5 Å². The molecular formula is C18H19N3O. The first-order valence-corrected chi connectivity index (χ1v) is 7.29. The van der Waals surface area contributed by atoms with E-state index in [1.807, 2.05) is 25.1 Å². The third-order valence-electron chi connectivity index (χ3n) is 3.38. The van der Waals surface area contributed by atoms with Gasteiger partial charge in [0, 0.05) is 6.04 Å². The molecule has 22 heavy (non-hydrogen) atoms. The summed E-state index contributed by atoms with van der Waals surface area (Å²) in [5.41, 5.74) is 2.23. The second-order valence-electron chi connectivity index (χ2n) is 5.18. The van der Waals surface area contributed by atoms with Gasteiger partial charge in [0.05, 0.1) is 11.3 Å². The van der Waals surface area contributed by atoms with Crippen molar-refractivity contribution in [3.63, 3.8) is 0 Å². The van der Waals surface area contributed by atoms with Gasteiger partial charge in [0.2, 0.25) is 0 Å². The molecule has 0 fully saturated rings. The zero-order valence-corrected chi connectivity index (χ0v) is 12.5. The van der Waals surface area contributed by atoms with E-state index in [0.29, 0.717) is 11.3 Å². The second-order valence-corrected chi connectivity index (χ2v) is 5.18. The van der Waals surface area contributed by atoms with Gasteiger partial charge in [-0.25, -0.2) is 4.79 Å². The summed E-state index contributed by atoms with van der Waals surface area (Å²) in [6.07, 6.45) is 1.77. The minimum Gasteiger partial charge on any atom is -0.335 e. The largest absolute Gasteiger partial charge is 0.335 e. The van der Waals surface area contributed by atoms with Crippen molar-refractivity contribution in [2.24, 2.45) is 0 Å². The normalized spacial score (nSPS) is 11.3. The molecule has 2 amide bonds. The number of nitrogens with zero attached hydrogens (tertiary/aromatic N) is 1. The average Bonchev–Trinajstić information content (AvgIpc) is 2.54. The number of hydrogen-bond acceptors (Lipinski definition) is 2. The summed E-state index contributed by atoms with van der Waals surface area (Å²) in [5.74, 6) is 0. The minimum absolute atomic E-state index is 0.0504. The van der Waals surface area contributed by atoms with Crippen LogP contribution in [0.25, 0.3) is 0 Å². The first kappa shape index (κ1) is 15.6. The van der Waals surface area contributed by atoms with Gasteiger partial charge in [-0.2, -0.15) is 5.26 Å². The maximum atomic E-state index is 12.0. The molecule has 0 saturated carbocycles. The summed E-state index contributed by atoms with van der Waals surface area (Å²) in [6, 6.07) is 18.9. The maximum Gasteiger partial charge on any atom is 0.319 e. The summed E-state index contributed by atoms with van der Waals surface area (Å²) in [6.45, 7) is 1.97. The number of benzene rings is 2. The summed E-state index contributed by atoms with van der Waals surface area (Å²) in [7, 11) is 0. The van der Waals surface area contributed by atoms with Crippen LogP contribution in [0.3, 0.4) is 0 Å². The molecule has 1 atom stereocenters. The second kappa shape index (κ2) is 7.84. The Balaban J connectivity index is 1.83. The van der Waals surface area contributed by atoms with Crippen molar-refractivity contribution in [1.29, 1.82) is 5.26 Å². The molecule has 2 aromatic carbocycles. The number of urea groups is 1. The van der Waals surface area contributed by atoms with Crippen LogP contribution >= 0.6 is 0 Å². The summed E-state index contributed by atoms with van der Waals surface area (Å²) in [5, 5.41) is 14.6. The summed E-state index contributed by atoms with van der Waals surface area (Å²) >= 11 is 0. The highest BCUT2D eigenvalue weighted by Crippen LogP contribution is 2.13. The average molecular weight is 293 g/mol. The number of amides is 2. The van der Waals surface area contributed by atoms with E-state index in [1.54, 1.807) is 24.3 Å². The molecule has 4 nitrogen and oxygen atoms in total. The van der Waals surface area contributed by atoms with E-state index in [1.165, 1.54) is 5.56 Å². The number of aryl methyl sites for hydroxylation is 1. The maximum absolute atomic E-state index is 12.0. The number of carbonyl (C=O) groups excluding carboxylic acids is 1. The van der Waals surface area contributed by atoms with Crippen LogP contribution in [0, 0.1) is 11.3 Å². The number of hydrogen-bond donors (Lipinski definition) is 2. The number of anilines is 1. The van der Waals surface area contributed by atoms with E-state index in [2.05, 4.69) is 28.8 Å². The molecule has 4 heteroatoms. The van der Waals surface area contributed by atoms with Crippen LogP contribution < -0.4 is 10.6 Å². The number of nitrogens with one attached hydrogen (secondary N) is 2. The van der Waals surface area contributed by atoms with Gasteiger partial charge in [-0.05, 0) is 37.5 Å². The lowest BCUT2D eigenvalue weighted by molar-refractivity contribution is 0.248. The Bertz CT molecular complexity index is 662. The SMILES string of the molecule is CC(CCc1ccccc1)NC(=O)Nc1ccccc1C#N. The van der Waals surface area contributed by atoms with Crippen LogP contribution in [0.15, 0.2) is 54.6 Å². The molecule has 0 heterocycles. The Kier molecular flexibility index (Phi) is 5.56. The topological polar surface area (TPSA) is 64.9 Å². The fourth-order valence-corrected chi connectivity index (χ4v) is 2.17. The molecular weight excluding hydrogens is 274 g/mol. The van der Waals surface area contributed by atoms with Gasteiger partial charge in [0.1, 0.15) is 6.07 Å². The lowest BCUT2D eigenvalue weighted by Gasteiger charge is -2.15. The van der Waals surface area contributed by atoms with Gasteiger partial charge in [-0.15, -0.1) is 0 Å². The predicted octanol–water partition coefficient (Wildman–Crippen LogP) is 3.70. The van der Waals surface area contributed by atoms with Gasteiger partial charge in [0.15, 0.2) is 0 Å². The standard InChI is InChI=1S/C18H19N3O/c1-14(11-12-15-7-3-2-4-8-15)20-18(22)21-17-10-6-5-9-16(17)13-19/h2-10,14H,11-12H2,1H3,(H2,20,21,22). The third-order valence-corrected chi connectivity index (χ3v) is 3.38. The lowest BCUT2D eigenvalue weighted by atomic mass is 10.1. The van der Waals surface area contributed by atoms with Crippen LogP contribution in [0.4, 0.5) is 10.5 Å². The number of nitriles is 1. The monoisotopic (exact) mass is 293 g/mol. The molecule has 2 rings (SSSR count). The number of para-hydroxylation sites is 1. The Labute approximate surface area is 130 Å². The molecule has 0 spiro atoms. The first-order chi connectivity index (χ1) is 10.7. The smallest absolute Gasteiger partial charge is 0.319 e. The van der Waals surface area contributed by atoms with E-state index in [-0.39, 0.29) is 12.1 Å². The molecule has 2 N–H and O–H groups in total. The van der Waals surface area contributed by atoms with Crippen molar-refractivity contribution >= 4 is 11.7 Å². The van der Waals surface area contributed by atoms with Crippen molar-refractivity contribution in [3.8, 4) is 6.07 Å². The fraction of sp³-hybridized carbons (Fsp3) is 0.222. The Hall–Kier alpha value is -2.80. The van der Waals surface area contributed by atoms with E-state index in [0.717, 1.165) is 12.8 Å². The van der Waals surface area contributed by atoms with Crippen molar-refractivity contribution in [1.82, 2.24) is 5.32 Å². The molecule has 0 radical (unpaired) electrons. The molecule has 0 saturated heterocycles. The van der Waals surface area contributed by atoms with E-state index in [4.69, 9.17) is 5.26 Å². The zero-order chi connectivity index (χ0) is 15.8. The highest BCUT2D eigenvalue weighted by molar-refractivity contribution is 5.90. The van der Waals surface area contributed by atoms with Gasteiger partial charge in [-0.3, -0.25) is 0 Å². The van der Waals surface area contributed by atoms with Gasteiger partial charge >= 0.3 is 6.03 Å². The molecule has 2 aromatic rings. The van der Waals surface area contributed by atoms with Crippen molar-refractivity contribution in [2.75, 3.05) is 5.32 Å². The molecule has 1 unspecified atom stereocenters. The molecule has 0 aromatic heterocycles. The number of carbonyl (C=O) groups is 1.